The summed E-state index contributed by atoms with van der Waals surface area (Å²) in [5, 5.41) is 12.2. The van der Waals surface area contributed by atoms with Gasteiger partial charge in [0.2, 0.25) is 0 Å². The van der Waals surface area contributed by atoms with E-state index in [1.807, 2.05) is 23.6 Å². The summed E-state index contributed by atoms with van der Waals surface area (Å²) < 4.78 is 2.51. The Balaban J connectivity index is 1.33. The van der Waals surface area contributed by atoms with Crippen LogP contribution >= 0.6 is 11.3 Å². The number of nitrogens with zero attached hydrogens (tertiary/aromatic N) is 1. The van der Waals surface area contributed by atoms with Crippen LogP contribution in [0, 0.1) is 12.1 Å². The molecular formula is C45H25NS. The van der Waals surface area contributed by atoms with Gasteiger partial charge in [0.15, 0.2) is 0 Å². The first kappa shape index (κ1) is 26.2. The third-order valence-corrected chi connectivity index (χ3v) is 10.7. The summed E-state index contributed by atoms with van der Waals surface area (Å²) in [6.07, 6.45) is 1.96. The maximum atomic E-state index is 5.00. The lowest BCUT2D eigenvalue weighted by atomic mass is 9.84. The molecule has 0 atom stereocenters. The van der Waals surface area contributed by atoms with Crippen LogP contribution in [0.15, 0.2) is 152 Å². The van der Waals surface area contributed by atoms with Crippen LogP contribution in [0.25, 0.3) is 96.8 Å². The minimum Gasteiger partial charge on any atom is -0.255 e. The van der Waals surface area contributed by atoms with Crippen molar-refractivity contribution in [1.29, 1.82) is 0 Å². The summed E-state index contributed by atoms with van der Waals surface area (Å²) in [5.41, 5.74) is 7.06. The first-order chi connectivity index (χ1) is 23.3. The molecule has 0 fully saturated rings. The molecule has 2 heterocycles. The maximum absolute atomic E-state index is 5.00. The van der Waals surface area contributed by atoms with Crippen LogP contribution in [0.1, 0.15) is 0 Å². The zero-order valence-electron chi connectivity index (χ0n) is 25.3. The van der Waals surface area contributed by atoms with Crippen molar-refractivity contribution in [1.82, 2.24) is 4.98 Å². The fraction of sp³-hybridized carbons (Fsp3) is 0. The monoisotopic (exact) mass is 611 g/mol. The number of hydrogen-bond donors (Lipinski definition) is 0. The van der Waals surface area contributed by atoms with Crippen molar-refractivity contribution in [2.75, 3.05) is 0 Å². The predicted molar refractivity (Wildman–Crippen MR) is 201 cm³/mol. The van der Waals surface area contributed by atoms with Gasteiger partial charge in [0.25, 0.3) is 0 Å². The minimum absolute atomic E-state index is 1.03. The summed E-state index contributed by atoms with van der Waals surface area (Å²) >= 11 is 1.83. The molecule has 47 heavy (non-hydrogen) atoms. The van der Waals surface area contributed by atoms with Gasteiger partial charge in [-0.05, 0) is 108 Å². The SMILES string of the molecule is c1ccc2cc(-c3c4ccccc4c(-c4ccc5ccccc5c4)c4ccc(-c5nccc6c5sc5ccccc56)cc34)ccc2c#1. The molecule has 10 rings (SSSR count). The maximum Gasteiger partial charge on any atom is 0.0880 e. The molecule has 2 heteroatoms. The Morgan fingerprint density at radius 3 is 2.02 bits per heavy atom. The van der Waals surface area contributed by atoms with Crippen LogP contribution in [-0.2, 0) is 0 Å². The number of thiophene rings is 1. The van der Waals surface area contributed by atoms with Gasteiger partial charge in [-0.15, -0.1) is 11.3 Å². The fourth-order valence-electron chi connectivity index (χ4n) is 7.37. The first-order valence-electron chi connectivity index (χ1n) is 15.9. The highest BCUT2D eigenvalue weighted by Crippen LogP contribution is 2.46. The van der Waals surface area contributed by atoms with E-state index in [0.717, 1.165) is 22.0 Å². The second-order valence-electron chi connectivity index (χ2n) is 12.2. The number of fused-ring (bicyclic) bond motifs is 7. The Morgan fingerprint density at radius 1 is 0.468 bits per heavy atom. The Morgan fingerprint density at radius 2 is 1.15 bits per heavy atom. The van der Waals surface area contributed by atoms with E-state index in [0.29, 0.717) is 0 Å². The molecule has 0 aliphatic rings. The Bertz CT molecular complexity index is 2860. The van der Waals surface area contributed by atoms with Gasteiger partial charge in [0.1, 0.15) is 0 Å². The molecule has 0 radical (unpaired) electrons. The molecule has 0 unspecified atom stereocenters. The Kier molecular flexibility index (Phi) is 5.72. The van der Waals surface area contributed by atoms with Crippen LogP contribution in [0.3, 0.4) is 0 Å². The number of benzene rings is 7. The van der Waals surface area contributed by atoms with Gasteiger partial charge < -0.3 is 0 Å². The van der Waals surface area contributed by atoms with E-state index in [-0.39, 0.29) is 0 Å². The van der Waals surface area contributed by atoms with Crippen molar-refractivity contribution < 1.29 is 0 Å². The molecule has 216 valence electrons. The quantitative estimate of drug-likeness (QED) is 0.181. The zero-order chi connectivity index (χ0) is 30.9. The molecule has 10 aromatic rings. The van der Waals surface area contributed by atoms with Crippen molar-refractivity contribution in [3.05, 3.63) is 164 Å². The fourth-order valence-corrected chi connectivity index (χ4v) is 8.58. The molecule has 0 aliphatic carbocycles. The van der Waals surface area contributed by atoms with Gasteiger partial charge in [-0.3, -0.25) is 4.98 Å². The molecule has 1 nitrogen and oxygen atoms in total. The topological polar surface area (TPSA) is 12.9 Å². The molecule has 0 saturated heterocycles. The van der Waals surface area contributed by atoms with Gasteiger partial charge in [-0.2, -0.15) is 0 Å². The van der Waals surface area contributed by atoms with Crippen molar-refractivity contribution in [3.63, 3.8) is 0 Å². The minimum atomic E-state index is 1.03. The van der Waals surface area contributed by atoms with Crippen molar-refractivity contribution >= 4 is 74.6 Å². The third-order valence-electron chi connectivity index (χ3n) is 9.52. The lowest BCUT2D eigenvalue weighted by Crippen LogP contribution is -1.92. The summed E-state index contributed by atoms with van der Waals surface area (Å²) in [5.74, 6) is 0. The summed E-state index contributed by atoms with van der Waals surface area (Å²) in [4.78, 5) is 5.00. The molecule has 2 aromatic heterocycles. The zero-order valence-corrected chi connectivity index (χ0v) is 26.1. The highest BCUT2D eigenvalue weighted by Gasteiger charge is 2.19. The summed E-state index contributed by atoms with van der Waals surface area (Å²) in [7, 11) is 0. The van der Waals surface area contributed by atoms with Gasteiger partial charge in [-0.1, -0.05) is 109 Å². The Hall–Kier alpha value is -6.01. The van der Waals surface area contributed by atoms with E-state index >= 15 is 0 Å². The van der Waals surface area contributed by atoms with Gasteiger partial charge in [0, 0.05) is 32.6 Å². The third kappa shape index (κ3) is 4.08. The van der Waals surface area contributed by atoms with Crippen LogP contribution < -0.4 is 0 Å². The van der Waals surface area contributed by atoms with E-state index in [2.05, 4.69) is 152 Å². The van der Waals surface area contributed by atoms with Crippen molar-refractivity contribution in [3.8, 4) is 33.5 Å². The number of hydrogen-bond acceptors (Lipinski definition) is 2. The van der Waals surface area contributed by atoms with Crippen LogP contribution in [0.2, 0.25) is 0 Å². The molecule has 0 aliphatic heterocycles. The molecular weight excluding hydrogens is 587 g/mol. The largest absolute Gasteiger partial charge is 0.255 e. The molecule has 8 aromatic carbocycles. The second kappa shape index (κ2) is 10.3. The normalized spacial score (nSPS) is 11.7. The van der Waals surface area contributed by atoms with Crippen LogP contribution in [0.4, 0.5) is 0 Å². The standard InChI is InChI=1S/C45H25NS/c1-3-11-30-25-32(19-17-28(30)9-1)42-36-14-5-6-15-37(36)43(33-20-18-29-10-2-4-12-31(29)26-33)40-27-34(21-22-38(40)42)44-45-39(23-24-46-44)35-13-7-8-16-41(35)47-45/h1,3-9,11-27H. The van der Waals surface area contributed by atoms with Gasteiger partial charge >= 0.3 is 0 Å². The van der Waals surface area contributed by atoms with E-state index < -0.39 is 0 Å². The molecule has 0 N–H and O–H groups in total. The average Bonchev–Trinajstić information content (AvgIpc) is 3.52. The predicted octanol–water partition coefficient (Wildman–Crippen LogP) is 12.7. The van der Waals surface area contributed by atoms with E-state index in [1.54, 1.807) is 0 Å². The van der Waals surface area contributed by atoms with Crippen LogP contribution in [-0.4, -0.2) is 4.98 Å². The second-order valence-corrected chi connectivity index (χ2v) is 13.2. The van der Waals surface area contributed by atoms with Crippen molar-refractivity contribution in [2.45, 2.75) is 0 Å². The number of aromatic nitrogens is 1. The lowest BCUT2D eigenvalue weighted by molar-refractivity contribution is 1.37. The van der Waals surface area contributed by atoms with Crippen LogP contribution in [0.5, 0.6) is 0 Å². The highest BCUT2D eigenvalue weighted by atomic mass is 32.1. The summed E-state index contributed by atoms with van der Waals surface area (Å²) in [6.45, 7) is 0. The summed E-state index contributed by atoms with van der Waals surface area (Å²) in [6, 6.07) is 59.3. The highest BCUT2D eigenvalue weighted by molar-refractivity contribution is 7.26. The number of rotatable bonds is 3. The molecule has 0 amide bonds. The Labute approximate surface area is 276 Å². The smallest absolute Gasteiger partial charge is 0.0880 e. The first-order valence-corrected chi connectivity index (χ1v) is 16.7. The molecule has 0 bridgehead atoms. The van der Waals surface area contributed by atoms with E-state index in [9.17, 15) is 0 Å². The van der Waals surface area contributed by atoms with Gasteiger partial charge in [0.05, 0.1) is 10.4 Å². The lowest BCUT2D eigenvalue weighted by Gasteiger charge is -2.19. The van der Waals surface area contributed by atoms with Gasteiger partial charge in [-0.25, -0.2) is 0 Å². The number of pyridine rings is 1. The average molecular weight is 612 g/mol. The van der Waals surface area contributed by atoms with E-state index in [4.69, 9.17) is 4.98 Å². The molecule has 0 spiro atoms. The van der Waals surface area contributed by atoms with E-state index in [1.165, 1.54) is 74.7 Å². The van der Waals surface area contributed by atoms with Crippen molar-refractivity contribution in [2.24, 2.45) is 0 Å². The molecule has 0 saturated carbocycles.